The van der Waals surface area contributed by atoms with E-state index in [1.54, 1.807) is 0 Å². The highest BCUT2D eigenvalue weighted by Crippen LogP contribution is 2.45. The van der Waals surface area contributed by atoms with Gasteiger partial charge in [-0.2, -0.15) is 44.5 Å². The highest BCUT2D eigenvalue weighted by Gasteiger charge is 2.51. The molecule has 71 heavy (non-hydrogen) atoms. The smallest absolute Gasteiger partial charge is 0.431 e. The Morgan fingerprint density at radius 1 is 1.07 bits per heavy atom. The Balaban J connectivity index is 0.000000476. The van der Waals surface area contributed by atoms with Crippen molar-refractivity contribution in [3.8, 4) is 23.0 Å². The molecular weight excluding hydrogens is 1020 g/mol. The van der Waals surface area contributed by atoms with E-state index >= 15 is 0 Å². The molecule has 0 radical (unpaired) electrons. The van der Waals surface area contributed by atoms with Crippen LogP contribution in [0.25, 0.3) is 22.0 Å². The molecular formula is C46H52ClF10N7O5S2. The van der Waals surface area contributed by atoms with Crippen LogP contribution in [0.15, 0.2) is 58.7 Å². The third-order valence-electron chi connectivity index (χ3n) is 10.5. The first-order valence-corrected chi connectivity index (χ1v) is 24.5. The number of alkyl halides is 8. The highest BCUT2D eigenvalue weighted by atomic mass is 35.5. The van der Waals surface area contributed by atoms with Crippen LogP contribution in [-0.2, 0) is 28.7 Å². The van der Waals surface area contributed by atoms with E-state index in [1.165, 1.54) is 75.6 Å². The molecule has 2 amide bonds. The van der Waals surface area contributed by atoms with Crippen molar-refractivity contribution in [1.82, 2.24) is 20.1 Å². The number of carbonyl (C=O) groups is 2. The number of allylic oxidation sites excluding steroid dienone is 2. The second-order valence-corrected chi connectivity index (χ2v) is 19.2. The number of benzene rings is 2. The number of aromatic nitrogens is 3. The number of nitrogens with two attached hydrogens (primary N) is 1. The van der Waals surface area contributed by atoms with Crippen molar-refractivity contribution in [1.29, 1.82) is 0 Å². The fraction of sp³-hybridized carbons (Fsp3) is 0.457. The van der Waals surface area contributed by atoms with Gasteiger partial charge in [0.1, 0.15) is 46.3 Å². The van der Waals surface area contributed by atoms with Crippen LogP contribution >= 0.6 is 23.4 Å². The number of carboxylic acid groups (broad SMARTS) is 1. The SMILES string of the molecule is C1CCC1.CCN=C1/C(=C(\N)C(F)(F)F)[C@@H](C)CC1(F)F.CO.CSC(C)(C)C#Cc1ccc(-c2ccc(Cl)c3c(N(C(=O)O)S(C)=O)nn(CC(F)(F)F)c23)c(C(Cc2cc(F)cc(F)c2)NC=O)n1. The molecule has 5 N–H and O–H groups in total. The maximum absolute atomic E-state index is 14.1. The van der Waals surface area contributed by atoms with E-state index in [4.69, 9.17) is 22.4 Å². The third-order valence-corrected chi connectivity index (χ3v) is 12.8. The first-order valence-electron chi connectivity index (χ1n) is 21.4. The number of nitrogens with one attached hydrogen (secondary N) is 1. The molecule has 2 aliphatic carbocycles. The minimum atomic E-state index is -4.84. The van der Waals surface area contributed by atoms with E-state index in [9.17, 15) is 62.8 Å². The van der Waals surface area contributed by atoms with E-state index < -0.39 is 99.5 Å². The normalized spacial score (nSPS) is 17.4. The summed E-state index contributed by atoms with van der Waals surface area (Å²) in [6.45, 7) is 4.83. The van der Waals surface area contributed by atoms with Crippen molar-refractivity contribution in [2.75, 3.05) is 30.5 Å². The number of hydrogen-bond donors (Lipinski definition) is 4. The van der Waals surface area contributed by atoms with Crippen molar-refractivity contribution in [2.45, 2.75) is 102 Å². The Hall–Kier alpha value is -5.38. The molecule has 2 aromatic heterocycles. The molecule has 0 aliphatic heterocycles. The summed E-state index contributed by atoms with van der Waals surface area (Å²) in [5, 5.41) is 22.8. The number of fused-ring (bicyclic) bond motifs is 1. The van der Waals surface area contributed by atoms with Gasteiger partial charge in [-0.1, -0.05) is 56.2 Å². The number of aliphatic hydroxyl groups is 1. The Labute approximate surface area is 415 Å². The lowest BCUT2D eigenvalue weighted by Crippen LogP contribution is -2.31. The molecule has 2 fully saturated rings. The quantitative estimate of drug-likeness (QED) is 0.0647. The van der Waals surface area contributed by atoms with E-state index in [0.717, 1.165) is 25.5 Å². The van der Waals surface area contributed by atoms with Crippen LogP contribution in [0.1, 0.15) is 82.8 Å². The number of hydrogen-bond acceptors (Lipinski definition) is 9. The van der Waals surface area contributed by atoms with Gasteiger partial charge in [0, 0.05) is 49.1 Å². The molecule has 25 heteroatoms. The molecule has 2 saturated carbocycles. The molecule has 390 valence electrons. The predicted molar refractivity (Wildman–Crippen MR) is 256 cm³/mol. The van der Waals surface area contributed by atoms with Crippen molar-refractivity contribution >= 4 is 69.3 Å². The topological polar surface area (TPSA) is 176 Å². The second kappa shape index (κ2) is 25.3. The van der Waals surface area contributed by atoms with Gasteiger partial charge in [0.25, 0.3) is 5.92 Å². The summed E-state index contributed by atoms with van der Waals surface area (Å²) in [5.41, 5.74) is 2.37. The average molecular weight is 1070 g/mol. The van der Waals surface area contributed by atoms with Crippen molar-refractivity contribution in [3.63, 3.8) is 0 Å². The number of aliphatic hydroxyl groups excluding tert-OH is 1. The zero-order valence-corrected chi connectivity index (χ0v) is 41.7. The zero-order valence-electron chi connectivity index (χ0n) is 39.3. The molecule has 6 rings (SSSR count). The summed E-state index contributed by atoms with van der Waals surface area (Å²) < 4.78 is 147. The van der Waals surface area contributed by atoms with Gasteiger partial charge in [0.05, 0.1) is 32.4 Å². The Bertz CT molecular complexity index is 2640. The number of thioether (sulfide) groups is 1. The van der Waals surface area contributed by atoms with Crippen LogP contribution in [0.4, 0.5) is 54.5 Å². The van der Waals surface area contributed by atoms with Crippen LogP contribution in [-0.4, -0.2) is 96.6 Å². The first kappa shape index (κ1) is 59.9. The van der Waals surface area contributed by atoms with E-state index in [2.05, 4.69) is 32.2 Å². The van der Waals surface area contributed by atoms with Crippen LogP contribution < -0.4 is 15.4 Å². The lowest BCUT2D eigenvalue weighted by atomic mass is 9.94. The van der Waals surface area contributed by atoms with Gasteiger partial charge in [-0.25, -0.2) is 22.8 Å². The lowest BCUT2D eigenvalue weighted by molar-refractivity contribution is -0.141. The molecule has 2 aromatic carbocycles. The molecule has 4 aromatic rings. The number of halogens is 11. The summed E-state index contributed by atoms with van der Waals surface area (Å²) in [6.07, 6.45) is -3.09. The monoisotopic (exact) mass is 1070 g/mol. The molecule has 3 atom stereocenters. The highest BCUT2D eigenvalue weighted by molar-refractivity contribution is 8.00. The van der Waals surface area contributed by atoms with Gasteiger partial charge >= 0.3 is 18.4 Å². The molecule has 2 unspecified atom stereocenters. The number of aliphatic imine (C=N–C) groups is 1. The van der Waals surface area contributed by atoms with Crippen LogP contribution in [0.3, 0.4) is 0 Å². The van der Waals surface area contributed by atoms with E-state index in [-0.39, 0.29) is 61.3 Å². The largest absolute Gasteiger partial charge is 0.464 e. The summed E-state index contributed by atoms with van der Waals surface area (Å²) in [5.74, 6) is -0.609. The van der Waals surface area contributed by atoms with E-state index in [1.807, 2.05) is 20.1 Å². The molecule has 0 saturated heterocycles. The van der Waals surface area contributed by atoms with Crippen molar-refractivity contribution < 1.29 is 67.9 Å². The lowest BCUT2D eigenvalue weighted by Gasteiger charge is -2.21. The number of nitrogens with zero attached hydrogens (tertiary/aromatic N) is 5. The summed E-state index contributed by atoms with van der Waals surface area (Å²) in [4.78, 5) is 32.0. The van der Waals surface area contributed by atoms with Gasteiger partial charge in [-0.15, -0.1) is 11.8 Å². The fourth-order valence-corrected chi connectivity index (χ4v) is 7.96. The van der Waals surface area contributed by atoms with Crippen molar-refractivity contribution in [2.24, 2.45) is 16.6 Å². The average Bonchev–Trinajstić information content (AvgIpc) is 3.70. The second-order valence-electron chi connectivity index (χ2n) is 16.2. The summed E-state index contributed by atoms with van der Waals surface area (Å²) in [7, 11) is -1.29. The van der Waals surface area contributed by atoms with Crippen LogP contribution in [0.5, 0.6) is 0 Å². The zero-order chi connectivity index (χ0) is 53.8. The van der Waals surface area contributed by atoms with E-state index in [0.29, 0.717) is 17.2 Å². The fourth-order valence-electron chi connectivity index (χ4n) is 6.98. The number of anilines is 1. The maximum Gasteiger partial charge on any atom is 0.431 e. The molecule has 0 bridgehead atoms. The predicted octanol–water partition coefficient (Wildman–Crippen LogP) is 11.0. The number of pyridine rings is 1. The Kier molecular flexibility index (Phi) is 21.4. The third kappa shape index (κ3) is 16.1. The molecule has 12 nitrogen and oxygen atoms in total. The Morgan fingerprint density at radius 3 is 2.13 bits per heavy atom. The number of rotatable bonds is 11. The number of amides is 2. The summed E-state index contributed by atoms with van der Waals surface area (Å²) in [6, 6.07) is 7.34. The standard InChI is InChI=1S/C31H27ClF5N5O4S2.C10H13F5N2.C4H8.CH4O/c1-30(2,47-3)10-9-20-5-6-21(26(39-20)24(38-16-43)13-17-11-18(33)14-19(34)12-17)22-7-8-23(32)25-27(22)41(15-31(35,36)37)40-28(25)42(29(44)45)48(4)46;1-3-17-8-6(7(16)10(13,14)15)5(2)4-9(8,11)12;1-2-4-3-1;1-2/h5-8,11-12,14,16,24H,13,15H2,1-4H3,(H,38,43)(H,44,45);5H,3-4,16H2,1-2H3;1-4H2;2H,1H3/b;7-6-,17-8?;;/t;5-;;/m.0../s1. The van der Waals surface area contributed by atoms with Crippen molar-refractivity contribution in [3.05, 3.63) is 87.3 Å². The maximum atomic E-state index is 14.1. The van der Waals surface area contributed by atoms with Gasteiger partial charge in [0.2, 0.25) is 6.41 Å². The molecule has 2 aliphatic rings. The van der Waals surface area contributed by atoms with Crippen LogP contribution in [0, 0.1) is 29.4 Å². The first-order chi connectivity index (χ1) is 33.0. The Morgan fingerprint density at radius 2 is 1.65 bits per heavy atom. The minimum Gasteiger partial charge on any atom is -0.464 e. The summed E-state index contributed by atoms with van der Waals surface area (Å²) >= 11 is 7.93. The molecule has 0 spiro atoms. The molecule has 2 heterocycles. The van der Waals surface area contributed by atoms with Gasteiger partial charge in [-0.05, 0) is 81.2 Å². The van der Waals surface area contributed by atoms with Gasteiger partial charge in [-0.3, -0.25) is 14.5 Å². The number of carbonyl (C=O) groups excluding carboxylic acids is 1. The van der Waals surface area contributed by atoms with Crippen LogP contribution in [0.2, 0.25) is 5.02 Å². The van der Waals surface area contributed by atoms with Gasteiger partial charge in [0.15, 0.2) is 5.82 Å². The minimum absolute atomic E-state index is 0.00766. The van der Waals surface area contributed by atoms with Gasteiger partial charge < -0.3 is 21.3 Å².